The van der Waals surface area contributed by atoms with Gasteiger partial charge in [0, 0.05) is 6.04 Å². The van der Waals surface area contributed by atoms with Gasteiger partial charge in [-0.2, -0.15) is 0 Å². The monoisotopic (exact) mass is 516 g/mol. The summed E-state index contributed by atoms with van der Waals surface area (Å²) in [4.78, 5) is 0. The van der Waals surface area contributed by atoms with Crippen molar-refractivity contribution in [1.82, 2.24) is 9.13 Å². The zero-order chi connectivity index (χ0) is 11.3. The van der Waals surface area contributed by atoms with Crippen LogP contribution in [-0.4, -0.2) is 15.2 Å². The van der Waals surface area contributed by atoms with Gasteiger partial charge in [0.05, 0.1) is 0 Å². The average molecular weight is 516 g/mol. The predicted octanol–water partition coefficient (Wildman–Crippen LogP) is 2.51. The third-order valence-corrected chi connectivity index (χ3v) is 3.90. The fourth-order valence-electron chi connectivity index (χ4n) is 1.56. The molecule has 2 rings (SSSR count). The number of aromatic nitrogens is 2. The molecule has 3 nitrogen and oxygen atoms in total. The Bertz CT molecular complexity index is 364. The van der Waals surface area contributed by atoms with Crippen LogP contribution in [0.3, 0.4) is 0 Å². The summed E-state index contributed by atoms with van der Waals surface area (Å²) in [6.45, 7) is 3.65. The summed E-state index contributed by atoms with van der Waals surface area (Å²) in [6, 6.07) is 0.546. The minimum atomic E-state index is 0. The number of nitrogens with two attached hydrogens (primary N) is 1. The number of hydrogen-bond acceptors (Lipinski definition) is 1. The molecule has 1 aliphatic rings. The molecule has 1 saturated carbocycles. The fourth-order valence-corrected chi connectivity index (χ4v) is 2.10. The van der Waals surface area contributed by atoms with E-state index in [-0.39, 0.29) is 24.0 Å². The molecule has 1 fully saturated rings. The second kappa shape index (κ2) is 8.42. The summed E-state index contributed by atoms with van der Waals surface area (Å²) in [5.74, 6) is 0. The van der Waals surface area contributed by atoms with Crippen LogP contribution in [0.4, 0.5) is 0 Å². The Balaban J connectivity index is 0.000000283. The summed E-state index contributed by atoms with van der Waals surface area (Å²) in [5, 5.41) is 0. The zero-order valence-corrected chi connectivity index (χ0v) is 14.1. The molecule has 0 atom stereocenters. The van der Waals surface area contributed by atoms with Crippen LogP contribution in [-0.2, 0) is 26.4 Å². The van der Waals surface area contributed by atoms with Gasteiger partial charge >= 0.3 is 64.5 Å². The smallest absolute Gasteiger partial charge is 0.00388 e. The van der Waals surface area contributed by atoms with Gasteiger partial charge in [-0.25, -0.2) is 0 Å². The topological polar surface area (TPSA) is 35.9 Å². The maximum atomic E-state index is 5.53. The van der Waals surface area contributed by atoms with E-state index in [1.807, 2.05) is 28.6 Å². The standard InChI is InChI=1S/C6H8N2.C5H11N.HI.Pt/c1-3-8-5-4-7(2)6-8;6-5-3-1-2-4-5;;/h3-5H,1H2,2H3;5H,1-4,6H2;1H;. The fraction of sp³-hybridized carbons (Fsp3) is 0.545. The van der Waals surface area contributed by atoms with E-state index < -0.39 is 0 Å². The molecular formula is C11H20IN3Pt. The molecule has 1 aromatic rings. The van der Waals surface area contributed by atoms with Crippen molar-refractivity contribution in [1.29, 1.82) is 0 Å². The van der Waals surface area contributed by atoms with Crippen molar-refractivity contribution in [2.24, 2.45) is 12.8 Å². The number of hydrogen-bond donors (Lipinski definition) is 1. The molecule has 5 heteroatoms. The van der Waals surface area contributed by atoms with Crippen molar-refractivity contribution < 1.29 is 19.4 Å². The van der Waals surface area contributed by atoms with E-state index in [2.05, 4.69) is 25.9 Å². The molecular weight excluding hydrogens is 496 g/mol. The molecule has 2 N–H and O–H groups in total. The van der Waals surface area contributed by atoms with Crippen LogP contribution in [0, 0.1) is 3.80 Å². The molecule has 1 aliphatic carbocycles. The van der Waals surface area contributed by atoms with Crippen molar-refractivity contribution in [3.8, 4) is 0 Å². The minimum absolute atomic E-state index is 0. The first-order valence-corrected chi connectivity index (χ1v) is 6.35. The van der Waals surface area contributed by atoms with Gasteiger partial charge < -0.3 is 5.73 Å². The summed E-state index contributed by atoms with van der Waals surface area (Å²) < 4.78 is 5.15. The van der Waals surface area contributed by atoms with E-state index in [1.54, 1.807) is 6.20 Å². The molecule has 1 heterocycles. The zero-order valence-electron chi connectivity index (χ0n) is 9.54. The molecule has 0 unspecified atom stereocenters. The molecule has 96 valence electrons. The van der Waals surface area contributed by atoms with E-state index >= 15 is 0 Å². The second-order valence-electron chi connectivity index (χ2n) is 3.78. The largest absolute Gasteiger partial charge is 0.328 e. The Morgan fingerprint density at radius 3 is 2.19 bits per heavy atom. The van der Waals surface area contributed by atoms with Crippen LogP contribution >= 0.6 is 24.0 Å². The third kappa shape index (κ3) is 5.11. The van der Waals surface area contributed by atoms with Crippen molar-refractivity contribution >= 4 is 30.2 Å². The maximum absolute atomic E-state index is 5.53. The van der Waals surface area contributed by atoms with Gasteiger partial charge in [-0.3, -0.25) is 0 Å². The number of aryl methyl sites for hydroxylation is 1. The van der Waals surface area contributed by atoms with E-state index in [0.717, 1.165) is 3.80 Å². The van der Waals surface area contributed by atoms with E-state index in [4.69, 9.17) is 5.73 Å². The van der Waals surface area contributed by atoms with Crippen molar-refractivity contribution in [2.45, 2.75) is 31.7 Å². The summed E-state index contributed by atoms with van der Waals surface area (Å²) in [5.41, 5.74) is 5.53. The summed E-state index contributed by atoms with van der Waals surface area (Å²) >= 11 is 2.24. The quantitative estimate of drug-likeness (QED) is 0.573. The van der Waals surface area contributed by atoms with Gasteiger partial charge in [-0.1, -0.05) is 12.8 Å². The summed E-state index contributed by atoms with van der Waals surface area (Å²) in [7, 11) is 2.00. The Morgan fingerprint density at radius 1 is 1.44 bits per heavy atom. The maximum Gasteiger partial charge on any atom is 0.00388 e. The van der Waals surface area contributed by atoms with Crippen molar-refractivity contribution in [3.63, 3.8) is 0 Å². The van der Waals surface area contributed by atoms with Crippen LogP contribution in [0.2, 0.25) is 0 Å². The molecule has 0 aromatic carbocycles. The number of rotatable bonds is 1. The number of halogens is 1. The molecule has 0 spiro atoms. The Kier molecular flexibility index (Phi) is 8.60. The number of imidazole rings is 1. The predicted molar refractivity (Wildman–Crippen MR) is 74.9 cm³/mol. The van der Waals surface area contributed by atoms with Gasteiger partial charge in [-0.15, -0.1) is 24.0 Å². The molecule has 0 amide bonds. The Hall–Kier alpha value is 0.328. The first kappa shape index (κ1) is 16.3. The van der Waals surface area contributed by atoms with Crippen LogP contribution in [0.1, 0.15) is 25.7 Å². The van der Waals surface area contributed by atoms with E-state index in [9.17, 15) is 0 Å². The Morgan fingerprint density at radius 2 is 2.00 bits per heavy atom. The number of nitrogens with zero attached hydrogens (tertiary/aromatic N) is 2. The van der Waals surface area contributed by atoms with Crippen LogP contribution in [0.5, 0.6) is 0 Å². The van der Waals surface area contributed by atoms with Gasteiger partial charge in [0.25, 0.3) is 0 Å². The molecule has 0 radical (unpaired) electrons. The van der Waals surface area contributed by atoms with Gasteiger partial charge in [0.2, 0.25) is 0 Å². The first-order chi connectivity index (χ1) is 7.15. The third-order valence-electron chi connectivity index (χ3n) is 2.51. The first-order valence-electron chi connectivity index (χ1n) is 5.22. The van der Waals surface area contributed by atoms with Crippen LogP contribution in [0.25, 0.3) is 6.20 Å². The van der Waals surface area contributed by atoms with Crippen molar-refractivity contribution in [3.05, 3.63) is 22.8 Å². The molecule has 16 heavy (non-hydrogen) atoms. The van der Waals surface area contributed by atoms with Crippen molar-refractivity contribution in [2.75, 3.05) is 0 Å². The van der Waals surface area contributed by atoms with Crippen LogP contribution in [0.15, 0.2) is 19.0 Å². The summed E-state index contributed by atoms with van der Waals surface area (Å²) in [6.07, 6.45) is 11.0. The molecule has 1 aromatic heterocycles. The normalized spacial score (nSPS) is 15.0. The molecule has 0 aliphatic heterocycles. The van der Waals surface area contributed by atoms with Gasteiger partial charge in [0.1, 0.15) is 0 Å². The van der Waals surface area contributed by atoms with Gasteiger partial charge in [0.15, 0.2) is 0 Å². The van der Waals surface area contributed by atoms with E-state index in [0.29, 0.717) is 6.04 Å². The average Bonchev–Trinajstić information content (AvgIpc) is 2.80. The SMILES string of the molecule is C=Cn1ccn(C)[c]1=[Pt].I.NC1CCCC1. The van der Waals surface area contributed by atoms with Gasteiger partial charge in [-0.05, 0) is 12.8 Å². The minimum Gasteiger partial charge on any atom is -0.328 e. The molecule has 0 bridgehead atoms. The Labute approximate surface area is 125 Å². The van der Waals surface area contributed by atoms with E-state index in [1.165, 1.54) is 25.7 Å². The second-order valence-corrected chi connectivity index (χ2v) is 4.80. The molecule has 0 saturated heterocycles. The van der Waals surface area contributed by atoms with Crippen LogP contribution < -0.4 is 5.73 Å².